The maximum absolute atomic E-state index is 11.5. The number of carbonyl (C=O) groups is 1. The molecule has 0 aromatic heterocycles. The number of nitrogens with two attached hydrogens (primary N) is 1. The van der Waals surface area contributed by atoms with E-state index in [0.29, 0.717) is 11.2 Å². The molecule has 0 bridgehead atoms. The van der Waals surface area contributed by atoms with Crippen molar-refractivity contribution in [2.45, 2.75) is 49.8 Å². The molecular weight excluding hydrogens is 208 g/mol. The molecule has 1 atom stereocenters. The standard InChI is InChI=1S/C11H22N2OS/c1-3-9(12)7-10(14)13-8-11(15-2)5-4-6-11/h9H,3-8,12H2,1-2H3,(H,13,14). The molecule has 0 aromatic rings. The van der Waals surface area contributed by atoms with Crippen LogP contribution in [0.4, 0.5) is 0 Å². The molecule has 1 aliphatic rings. The highest BCUT2D eigenvalue weighted by molar-refractivity contribution is 8.00. The summed E-state index contributed by atoms with van der Waals surface area (Å²) in [6.45, 7) is 2.82. The van der Waals surface area contributed by atoms with Gasteiger partial charge < -0.3 is 11.1 Å². The summed E-state index contributed by atoms with van der Waals surface area (Å²) in [5.41, 5.74) is 5.73. The van der Waals surface area contributed by atoms with Gasteiger partial charge in [0.15, 0.2) is 0 Å². The van der Waals surface area contributed by atoms with E-state index in [4.69, 9.17) is 5.73 Å². The Bertz CT molecular complexity index is 211. The van der Waals surface area contributed by atoms with Gasteiger partial charge in [-0.3, -0.25) is 4.79 Å². The Balaban J connectivity index is 2.21. The van der Waals surface area contributed by atoms with E-state index in [1.54, 1.807) is 0 Å². The maximum Gasteiger partial charge on any atom is 0.221 e. The van der Waals surface area contributed by atoms with E-state index in [1.807, 2.05) is 18.7 Å². The van der Waals surface area contributed by atoms with Crippen LogP contribution in [-0.4, -0.2) is 29.5 Å². The van der Waals surface area contributed by atoms with Gasteiger partial charge in [0.25, 0.3) is 0 Å². The van der Waals surface area contributed by atoms with Crippen LogP contribution in [0.5, 0.6) is 0 Å². The SMILES string of the molecule is CCC(N)CC(=O)NCC1(SC)CCC1. The van der Waals surface area contributed by atoms with Gasteiger partial charge in [-0.2, -0.15) is 11.8 Å². The molecule has 1 saturated carbocycles. The molecule has 0 aromatic carbocycles. The highest BCUT2D eigenvalue weighted by atomic mass is 32.2. The second-order valence-electron chi connectivity index (χ2n) is 4.39. The molecule has 3 N–H and O–H groups in total. The molecule has 0 aliphatic heterocycles. The van der Waals surface area contributed by atoms with Gasteiger partial charge in [-0.25, -0.2) is 0 Å². The second kappa shape index (κ2) is 5.75. The zero-order valence-corrected chi connectivity index (χ0v) is 10.5. The van der Waals surface area contributed by atoms with Gasteiger partial charge in [-0.05, 0) is 25.5 Å². The number of nitrogens with one attached hydrogen (secondary N) is 1. The van der Waals surface area contributed by atoms with Gasteiger partial charge in [0.1, 0.15) is 0 Å². The summed E-state index contributed by atoms with van der Waals surface area (Å²) in [7, 11) is 0. The van der Waals surface area contributed by atoms with Crippen molar-refractivity contribution in [1.29, 1.82) is 0 Å². The minimum absolute atomic E-state index is 0.0108. The van der Waals surface area contributed by atoms with Gasteiger partial charge >= 0.3 is 0 Å². The molecule has 88 valence electrons. The van der Waals surface area contributed by atoms with Crippen LogP contribution in [0.15, 0.2) is 0 Å². The van der Waals surface area contributed by atoms with E-state index in [-0.39, 0.29) is 11.9 Å². The molecule has 0 spiro atoms. The fraction of sp³-hybridized carbons (Fsp3) is 0.909. The molecule has 0 heterocycles. The number of rotatable bonds is 6. The van der Waals surface area contributed by atoms with Gasteiger partial charge in [0.2, 0.25) is 5.91 Å². The van der Waals surface area contributed by atoms with Crippen LogP contribution in [0.1, 0.15) is 39.0 Å². The normalized spacial score (nSPS) is 20.5. The predicted octanol–water partition coefficient (Wildman–Crippen LogP) is 1.52. The van der Waals surface area contributed by atoms with Gasteiger partial charge in [0.05, 0.1) is 0 Å². The quantitative estimate of drug-likeness (QED) is 0.727. The lowest BCUT2D eigenvalue weighted by Crippen LogP contribution is -2.46. The molecule has 1 rings (SSSR count). The van der Waals surface area contributed by atoms with Gasteiger partial charge in [-0.1, -0.05) is 13.3 Å². The van der Waals surface area contributed by atoms with Crippen LogP contribution in [-0.2, 0) is 4.79 Å². The molecule has 0 radical (unpaired) electrons. The Labute approximate surface area is 96.6 Å². The molecular formula is C11H22N2OS. The van der Waals surface area contributed by atoms with Crippen LogP contribution in [0.25, 0.3) is 0 Å². The molecule has 1 aliphatic carbocycles. The van der Waals surface area contributed by atoms with Crippen molar-refractivity contribution in [2.24, 2.45) is 5.73 Å². The zero-order chi connectivity index (χ0) is 11.3. The average Bonchev–Trinajstić information content (AvgIpc) is 2.16. The summed E-state index contributed by atoms with van der Waals surface area (Å²) in [5.74, 6) is 0.102. The lowest BCUT2D eigenvalue weighted by atomic mass is 9.84. The number of thioether (sulfide) groups is 1. The van der Waals surface area contributed by atoms with Crippen LogP contribution in [0.3, 0.4) is 0 Å². The number of carbonyl (C=O) groups excluding carboxylic acids is 1. The Hall–Kier alpha value is -0.220. The molecule has 15 heavy (non-hydrogen) atoms. The van der Waals surface area contributed by atoms with E-state index < -0.39 is 0 Å². The van der Waals surface area contributed by atoms with E-state index in [2.05, 4.69) is 11.6 Å². The summed E-state index contributed by atoms with van der Waals surface area (Å²) in [4.78, 5) is 11.5. The Morgan fingerprint density at radius 2 is 2.27 bits per heavy atom. The summed E-state index contributed by atoms with van der Waals surface area (Å²) in [6.07, 6.45) is 7.21. The van der Waals surface area contributed by atoms with Gasteiger partial charge in [-0.15, -0.1) is 0 Å². The molecule has 0 saturated heterocycles. The van der Waals surface area contributed by atoms with Crippen LogP contribution in [0, 0.1) is 0 Å². The maximum atomic E-state index is 11.5. The average molecular weight is 230 g/mol. The van der Waals surface area contributed by atoms with E-state index >= 15 is 0 Å². The Kier molecular flexibility index (Phi) is 4.93. The van der Waals surface area contributed by atoms with Crippen molar-refractivity contribution in [3.8, 4) is 0 Å². The lowest BCUT2D eigenvalue weighted by molar-refractivity contribution is -0.121. The third-order valence-electron chi connectivity index (χ3n) is 3.28. The summed E-state index contributed by atoms with van der Waals surface area (Å²) in [6, 6.07) is 0.0108. The Morgan fingerprint density at radius 3 is 2.67 bits per heavy atom. The summed E-state index contributed by atoms with van der Waals surface area (Å²) >= 11 is 1.88. The van der Waals surface area contributed by atoms with Crippen molar-refractivity contribution in [3.63, 3.8) is 0 Å². The van der Waals surface area contributed by atoms with Crippen molar-refractivity contribution in [2.75, 3.05) is 12.8 Å². The van der Waals surface area contributed by atoms with Crippen molar-refractivity contribution in [1.82, 2.24) is 5.32 Å². The van der Waals surface area contributed by atoms with Gasteiger partial charge in [0, 0.05) is 23.8 Å². The fourth-order valence-corrected chi connectivity index (χ4v) is 2.65. The first kappa shape index (κ1) is 12.8. The topological polar surface area (TPSA) is 55.1 Å². The minimum atomic E-state index is 0.0108. The molecule has 3 nitrogen and oxygen atoms in total. The summed E-state index contributed by atoms with van der Waals surface area (Å²) < 4.78 is 0.325. The monoisotopic (exact) mass is 230 g/mol. The van der Waals surface area contributed by atoms with Crippen LogP contribution < -0.4 is 11.1 Å². The number of hydrogen-bond donors (Lipinski definition) is 2. The molecule has 1 amide bonds. The Morgan fingerprint density at radius 1 is 1.60 bits per heavy atom. The minimum Gasteiger partial charge on any atom is -0.355 e. The van der Waals surface area contributed by atoms with E-state index in [1.165, 1.54) is 19.3 Å². The highest BCUT2D eigenvalue weighted by Gasteiger charge is 2.36. The smallest absolute Gasteiger partial charge is 0.221 e. The predicted molar refractivity (Wildman–Crippen MR) is 66.0 cm³/mol. The zero-order valence-electron chi connectivity index (χ0n) is 9.71. The fourth-order valence-electron chi connectivity index (χ4n) is 1.74. The molecule has 1 unspecified atom stereocenters. The van der Waals surface area contributed by atoms with Crippen molar-refractivity contribution < 1.29 is 4.79 Å². The summed E-state index contributed by atoms with van der Waals surface area (Å²) in [5, 5.41) is 3.00. The number of hydrogen-bond acceptors (Lipinski definition) is 3. The first-order chi connectivity index (χ1) is 7.12. The first-order valence-electron chi connectivity index (χ1n) is 5.69. The first-order valence-corrected chi connectivity index (χ1v) is 6.92. The third kappa shape index (κ3) is 3.68. The van der Waals surface area contributed by atoms with E-state index in [9.17, 15) is 4.79 Å². The molecule has 4 heteroatoms. The third-order valence-corrected chi connectivity index (χ3v) is 4.70. The van der Waals surface area contributed by atoms with Crippen LogP contribution in [0.2, 0.25) is 0 Å². The lowest BCUT2D eigenvalue weighted by Gasteiger charge is -2.40. The van der Waals surface area contributed by atoms with Crippen molar-refractivity contribution >= 4 is 17.7 Å². The van der Waals surface area contributed by atoms with E-state index in [0.717, 1.165) is 13.0 Å². The highest BCUT2D eigenvalue weighted by Crippen LogP contribution is 2.42. The largest absolute Gasteiger partial charge is 0.355 e. The second-order valence-corrected chi connectivity index (χ2v) is 5.66. The number of amides is 1. The van der Waals surface area contributed by atoms with Crippen molar-refractivity contribution in [3.05, 3.63) is 0 Å². The molecule has 1 fully saturated rings. The van der Waals surface area contributed by atoms with Crippen LogP contribution >= 0.6 is 11.8 Å².